The lowest BCUT2D eigenvalue weighted by Gasteiger charge is -2.10. The molecule has 0 spiro atoms. The predicted molar refractivity (Wildman–Crippen MR) is 110 cm³/mol. The molecule has 0 atom stereocenters. The topological polar surface area (TPSA) is 81.2 Å². The van der Waals surface area contributed by atoms with Crippen molar-refractivity contribution in [2.24, 2.45) is 0 Å². The molecule has 30 heavy (non-hydrogen) atoms. The van der Waals surface area contributed by atoms with E-state index in [1.807, 2.05) is 11.5 Å². The number of nitrogens with zero attached hydrogens (tertiary/aromatic N) is 1. The molecule has 0 aliphatic heterocycles. The molecule has 0 saturated carbocycles. The molecular weight excluding hydrogens is 387 g/mol. The molecule has 0 aliphatic carbocycles. The van der Waals surface area contributed by atoms with Crippen LogP contribution in [0.1, 0.15) is 60.8 Å². The number of aromatic amines is 1. The van der Waals surface area contributed by atoms with Crippen molar-refractivity contribution < 1.29 is 23.5 Å². The second-order valence-corrected chi connectivity index (χ2v) is 7.28. The van der Waals surface area contributed by atoms with Crippen LogP contribution in [0.4, 0.5) is 4.39 Å². The molecule has 0 amide bonds. The molecule has 156 valence electrons. The molecule has 1 N–H and O–H groups in total. The van der Waals surface area contributed by atoms with Crippen LogP contribution >= 0.6 is 0 Å². The summed E-state index contributed by atoms with van der Waals surface area (Å²) in [4.78, 5) is 39.8. The SMILES string of the molecule is CC(=O)c1c(C)[nH]c(C(=O)COC(=O)c2cc(C)n(-c3ccc(F)cc3)c2C)c1C. The number of carbonyl (C=O) groups is 3. The molecular formula is C23H23FN2O4. The number of hydrogen-bond acceptors (Lipinski definition) is 4. The van der Waals surface area contributed by atoms with E-state index in [9.17, 15) is 18.8 Å². The van der Waals surface area contributed by atoms with Crippen molar-refractivity contribution in [1.29, 1.82) is 0 Å². The van der Waals surface area contributed by atoms with E-state index in [1.165, 1.54) is 19.1 Å². The van der Waals surface area contributed by atoms with Crippen molar-refractivity contribution in [2.45, 2.75) is 34.6 Å². The second kappa shape index (κ2) is 8.10. The minimum absolute atomic E-state index is 0.134. The van der Waals surface area contributed by atoms with Gasteiger partial charge in [-0.25, -0.2) is 9.18 Å². The zero-order valence-electron chi connectivity index (χ0n) is 17.6. The van der Waals surface area contributed by atoms with Gasteiger partial charge >= 0.3 is 5.97 Å². The number of hydrogen-bond donors (Lipinski definition) is 1. The van der Waals surface area contributed by atoms with Crippen molar-refractivity contribution in [1.82, 2.24) is 9.55 Å². The Morgan fingerprint density at radius 2 is 1.70 bits per heavy atom. The molecule has 0 bridgehead atoms. The van der Waals surface area contributed by atoms with E-state index in [0.717, 1.165) is 11.4 Å². The highest BCUT2D eigenvalue weighted by molar-refractivity contribution is 6.04. The second-order valence-electron chi connectivity index (χ2n) is 7.28. The Labute approximate surface area is 173 Å². The smallest absolute Gasteiger partial charge is 0.340 e. The first-order valence-electron chi connectivity index (χ1n) is 9.47. The van der Waals surface area contributed by atoms with Crippen LogP contribution in [0.5, 0.6) is 0 Å². The van der Waals surface area contributed by atoms with Crippen molar-refractivity contribution >= 4 is 17.5 Å². The summed E-state index contributed by atoms with van der Waals surface area (Å²) in [5.41, 5.74) is 4.36. The molecule has 3 rings (SSSR count). The molecule has 7 heteroatoms. The minimum Gasteiger partial charge on any atom is -0.454 e. The van der Waals surface area contributed by atoms with Gasteiger partial charge in [-0.1, -0.05) is 0 Å². The maximum Gasteiger partial charge on any atom is 0.340 e. The van der Waals surface area contributed by atoms with E-state index in [-0.39, 0.29) is 17.3 Å². The molecule has 6 nitrogen and oxygen atoms in total. The summed E-state index contributed by atoms with van der Waals surface area (Å²) in [6.07, 6.45) is 0. The minimum atomic E-state index is -0.627. The van der Waals surface area contributed by atoms with Crippen LogP contribution in [0.25, 0.3) is 5.69 Å². The fourth-order valence-corrected chi connectivity index (χ4v) is 3.79. The summed E-state index contributed by atoms with van der Waals surface area (Å²) < 4.78 is 20.3. The lowest BCUT2D eigenvalue weighted by atomic mass is 10.1. The largest absolute Gasteiger partial charge is 0.454 e. The summed E-state index contributed by atoms with van der Waals surface area (Å²) >= 11 is 0. The molecule has 0 unspecified atom stereocenters. The Morgan fingerprint density at radius 1 is 1.07 bits per heavy atom. The summed E-state index contributed by atoms with van der Waals surface area (Å²) in [5, 5.41) is 0. The number of Topliss-reactive ketones (excluding diaryl/α,β-unsaturated/α-hetero) is 2. The summed E-state index contributed by atoms with van der Waals surface area (Å²) in [5.74, 6) is -1.52. The highest BCUT2D eigenvalue weighted by atomic mass is 19.1. The van der Waals surface area contributed by atoms with Crippen LogP contribution < -0.4 is 0 Å². The third-order valence-corrected chi connectivity index (χ3v) is 5.14. The van der Waals surface area contributed by atoms with Gasteiger partial charge in [-0.3, -0.25) is 9.59 Å². The molecule has 0 saturated heterocycles. The average Bonchev–Trinajstić information content (AvgIpc) is 3.15. The number of H-pyrrole nitrogens is 1. The number of halogens is 1. The number of carbonyl (C=O) groups excluding carboxylic acids is 3. The Balaban J connectivity index is 1.78. The van der Waals surface area contributed by atoms with Gasteiger partial charge in [-0.05, 0) is 70.5 Å². The van der Waals surface area contributed by atoms with Crippen LogP contribution in [0.15, 0.2) is 30.3 Å². The third-order valence-electron chi connectivity index (χ3n) is 5.14. The lowest BCUT2D eigenvalue weighted by molar-refractivity contribution is 0.0472. The quantitative estimate of drug-likeness (QED) is 0.482. The van der Waals surface area contributed by atoms with Gasteiger partial charge in [-0.15, -0.1) is 0 Å². The highest BCUT2D eigenvalue weighted by Gasteiger charge is 2.23. The molecule has 0 fully saturated rings. The maximum atomic E-state index is 13.2. The molecule has 2 heterocycles. The van der Waals surface area contributed by atoms with Gasteiger partial charge < -0.3 is 14.3 Å². The third kappa shape index (κ3) is 3.83. The first-order valence-corrected chi connectivity index (χ1v) is 9.47. The molecule has 0 aliphatic rings. The van der Waals surface area contributed by atoms with E-state index < -0.39 is 18.4 Å². The summed E-state index contributed by atoms with van der Waals surface area (Å²) in [7, 11) is 0. The zero-order chi connectivity index (χ0) is 22.2. The number of esters is 1. The van der Waals surface area contributed by atoms with Crippen LogP contribution in [0.2, 0.25) is 0 Å². The van der Waals surface area contributed by atoms with Gasteiger partial charge in [-0.2, -0.15) is 0 Å². The van der Waals surface area contributed by atoms with Gasteiger partial charge in [0.05, 0.1) is 11.3 Å². The Bertz CT molecular complexity index is 1150. The van der Waals surface area contributed by atoms with Crippen molar-refractivity contribution in [2.75, 3.05) is 6.61 Å². The van der Waals surface area contributed by atoms with Crippen LogP contribution in [-0.2, 0) is 4.74 Å². The maximum absolute atomic E-state index is 13.2. The van der Waals surface area contributed by atoms with Crippen molar-refractivity contribution in [3.05, 3.63) is 75.6 Å². The number of aryl methyl sites for hydroxylation is 2. The fourth-order valence-electron chi connectivity index (χ4n) is 3.79. The van der Waals surface area contributed by atoms with E-state index in [2.05, 4.69) is 4.98 Å². The summed E-state index contributed by atoms with van der Waals surface area (Å²) in [6, 6.07) is 7.61. The standard InChI is InChI=1S/C23H23FN2O4/c1-12-10-19(15(4)26(12)18-8-6-17(24)7-9-18)23(29)30-11-20(28)22-13(2)21(16(5)27)14(3)25-22/h6-10,25H,11H2,1-5H3. The number of ether oxygens (including phenoxy) is 1. The fraction of sp³-hybridized carbons (Fsp3) is 0.261. The first-order chi connectivity index (χ1) is 14.1. The van der Waals surface area contributed by atoms with Gasteiger partial charge in [0.1, 0.15) is 5.82 Å². The molecule has 3 aromatic rings. The van der Waals surface area contributed by atoms with Crippen molar-refractivity contribution in [3.63, 3.8) is 0 Å². The van der Waals surface area contributed by atoms with E-state index in [4.69, 9.17) is 4.74 Å². The Morgan fingerprint density at radius 3 is 2.27 bits per heavy atom. The monoisotopic (exact) mass is 410 g/mol. The summed E-state index contributed by atoms with van der Waals surface area (Å²) in [6.45, 7) is 7.98. The number of rotatable bonds is 6. The van der Waals surface area contributed by atoms with Gasteiger partial charge in [0.25, 0.3) is 0 Å². The number of ketones is 2. The molecule has 2 aromatic heterocycles. The van der Waals surface area contributed by atoms with E-state index in [0.29, 0.717) is 28.1 Å². The predicted octanol–water partition coefficient (Wildman–Crippen LogP) is 4.42. The van der Waals surface area contributed by atoms with Gasteiger partial charge in [0, 0.05) is 28.3 Å². The Hall–Kier alpha value is -3.48. The molecule has 1 aromatic carbocycles. The van der Waals surface area contributed by atoms with Gasteiger partial charge in [0.2, 0.25) is 5.78 Å². The van der Waals surface area contributed by atoms with Crippen LogP contribution in [0.3, 0.4) is 0 Å². The van der Waals surface area contributed by atoms with Gasteiger partial charge in [0.15, 0.2) is 12.4 Å². The average molecular weight is 410 g/mol. The highest BCUT2D eigenvalue weighted by Crippen LogP contribution is 2.23. The lowest BCUT2D eigenvalue weighted by Crippen LogP contribution is -2.16. The first kappa shape index (κ1) is 21.2. The normalized spacial score (nSPS) is 10.9. The van der Waals surface area contributed by atoms with Crippen LogP contribution in [0, 0.1) is 33.5 Å². The van der Waals surface area contributed by atoms with Crippen molar-refractivity contribution in [3.8, 4) is 5.69 Å². The van der Waals surface area contributed by atoms with E-state index >= 15 is 0 Å². The van der Waals surface area contributed by atoms with E-state index in [1.54, 1.807) is 39.0 Å². The number of aromatic nitrogens is 2. The zero-order valence-corrected chi connectivity index (χ0v) is 17.6. The Kier molecular flexibility index (Phi) is 5.73. The number of nitrogens with one attached hydrogen (secondary N) is 1. The number of benzene rings is 1. The van der Waals surface area contributed by atoms with Crippen LogP contribution in [-0.4, -0.2) is 33.7 Å². The molecule has 0 radical (unpaired) electrons.